The molecule has 0 saturated carbocycles. The van der Waals surface area contributed by atoms with E-state index in [1.54, 1.807) is 18.2 Å². The summed E-state index contributed by atoms with van der Waals surface area (Å²) in [4.78, 5) is 3.22. The lowest BCUT2D eigenvalue weighted by Crippen LogP contribution is -2.21. The van der Waals surface area contributed by atoms with E-state index < -0.39 is 10.0 Å². The van der Waals surface area contributed by atoms with Crippen molar-refractivity contribution in [1.29, 1.82) is 0 Å². The van der Waals surface area contributed by atoms with Gasteiger partial charge >= 0.3 is 0 Å². The fourth-order valence-electron chi connectivity index (χ4n) is 2.69. The quantitative estimate of drug-likeness (QED) is 0.629. The summed E-state index contributed by atoms with van der Waals surface area (Å²) < 4.78 is 27.8. The van der Waals surface area contributed by atoms with Gasteiger partial charge in [0.25, 0.3) is 10.0 Å². The van der Waals surface area contributed by atoms with E-state index >= 15 is 0 Å². The number of aryl methyl sites for hydroxylation is 1. The normalized spacial score (nSPS) is 11.3. The van der Waals surface area contributed by atoms with Crippen LogP contribution in [0.5, 0.6) is 0 Å². The first-order valence-corrected chi connectivity index (χ1v) is 10.8. The van der Waals surface area contributed by atoms with Crippen LogP contribution >= 0.6 is 11.3 Å². The van der Waals surface area contributed by atoms with Crippen LogP contribution in [0.2, 0.25) is 0 Å². The molecule has 6 heteroatoms. The largest absolute Gasteiger partial charge is 0.367 e. The van der Waals surface area contributed by atoms with Crippen molar-refractivity contribution in [2.24, 2.45) is 0 Å². The van der Waals surface area contributed by atoms with Gasteiger partial charge in [-0.2, -0.15) is 0 Å². The van der Waals surface area contributed by atoms with Gasteiger partial charge in [-0.1, -0.05) is 30.3 Å². The summed E-state index contributed by atoms with van der Waals surface area (Å²) in [5.41, 5.74) is 2.87. The Kier molecular flexibility index (Phi) is 5.64. The molecule has 0 amide bonds. The molecule has 0 atom stereocenters. The van der Waals surface area contributed by atoms with E-state index in [0.29, 0.717) is 9.90 Å². The number of benzene rings is 2. The minimum atomic E-state index is -3.52. The maximum atomic E-state index is 12.4. The Morgan fingerprint density at radius 1 is 0.962 bits per heavy atom. The molecule has 0 aliphatic heterocycles. The average Bonchev–Trinajstić information content (AvgIpc) is 3.08. The number of nitrogens with one attached hydrogen (secondary N) is 1. The van der Waals surface area contributed by atoms with Crippen molar-refractivity contribution in [3.63, 3.8) is 0 Å². The van der Waals surface area contributed by atoms with E-state index in [1.165, 1.54) is 16.9 Å². The Labute approximate surface area is 159 Å². The van der Waals surface area contributed by atoms with Crippen molar-refractivity contribution < 1.29 is 8.42 Å². The third-order valence-corrected chi connectivity index (χ3v) is 6.94. The molecule has 3 aromatic rings. The fourth-order valence-corrected chi connectivity index (χ4v) is 5.03. The molecule has 3 rings (SSSR count). The molecule has 2 aromatic carbocycles. The molecule has 0 unspecified atom stereocenters. The molecule has 0 bridgehead atoms. The van der Waals surface area contributed by atoms with E-state index in [1.807, 2.05) is 43.3 Å². The van der Waals surface area contributed by atoms with Gasteiger partial charge in [-0.15, -0.1) is 11.3 Å². The van der Waals surface area contributed by atoms with Crippen LogP contribution in [0.1, 0.15) is 17.4 Å². The summed E-state index contributed by atoms with van der Waals surface area (Å²) in [5, 5.41) is 0. The summed E-state index contributed by atoms with van der Waals surface area (Å²) in [6.07, 6.45) is 0. The summed E-state index contributed by atoms with van der Waals surface area (Å²) in [7, 11) is -3.52. The van der Waals surface area contributed by atoms with Gasteiger partial charge in [-0.05, 0) is 55.8 Å². The lowest BCUT2D eigenvalue weighted by Gasteiger charge is -2.23. The van der Waals surface area contributed by atoms with Gasteiger partial charge in [0.2, 0.25) is 0 Å². The molecule has 0 fully saturated rings. The second-order valence-corrected chi connectivity index (χ2v) is 9.21. The van der Waals surface area contributed by atoms with Gasteiger partial charge in [-0.25, -0.2) is 8.42 Å². The molecular weight excluding hydrogens is 364 g/mol. The average molecular weight is 387 g/mol. The molecule has 4 nitrogen and oxygen atoms in total. The highest BCUT2D eigenvalue weighted by Crippen LogP contribution is 2.25. The van der Waals surface area contributed by atoms with Crippen molar-refractivity contribution in [2.75, 3.05) is 16.2 Å². The molecule has 1 N–H and O–H groups in total. The molecule has 1 aromatic heterocycles. The van der Waals surface area contributed by atoms with Crippen LogP contribution in [-0.2, 0) is 16.6 Å². The lowest BCUT2D eigenvalue weighted by atomic mass is 10.2. The SMILES string of the molecule is CCN(Cc1ccccc1)c1ccc(NS(=O)(=O)c2ccc(C)s2)cc1. The van der Waals surface area contributed by atoms with Gasteiger partial charge in [-0.3, -0.25) is 4.72 Å². The van der Waals surface area contributed by atoms with Crippen LogP contribution in [0, 0.1) is 6.92 Å². The second-order valence-electron chi connectivity index (χ2n) is 6.02. The molecule has 0 aliphatic carbocycles. The van der Waals surface area contributed by atoms with Crippen molar-refractivity contribution in [3.8, 4) is 0 Å². The second kappa shape index (κ2) is 7.93. The molecule has 0 spiro atoms. The van der Waals surface area contributed by atoms with Crippen LogP contribution in [-0.4, -0.2) is 15.0 Å². The summed E-state index contributed by atoms with van der Waals surface area (Å²) in [6, 6.07) is 21.2. The minimum Gasteiger partial charge on any atom is -0.367 e. The Bertz CT molecular complexity index is 949. The van der Waals surface area contributed by atoms with E-state index in [0.717, 1.165) is 23.7 Å². The van der Waals surface area contributed by atoms with Gasteiger partial charge in [0.05, 0.1) is 0 Å². The Balaban J connectivity index is 1.73. The molecule has 0 saturated heterocycles. The summed E-state index contributed by atoms with van der Waals surface area (Å²) >= 11 is 1.27. The summed E-state index contributed by atoms with van der Waals surface area (Å²) in [6.45, 7) is 5.69. The van der Waals surface area contributed by atoms with Crippen LogP contribution in [0.15, 0.2) is 70.9 Å². The first-order valence-electron chi connectivity index (χ1n) is 8.46. The maximum absolute atomic E-state index is 12.4. The maximum Gasteiger partial charge on any atom is 0.271 e. The Morgan fingerprint density at radius 3 is 2.23 bits per heavy atom. The predicted molar refractivity (Wildman–Crippen MR) is 109 cm³/mol. The molecule has 136 valence electrons. The van der Waals surface area contributed by atoms with E-state index in [-0.39, 0.29) is 0 Å². The van der Waals surface area contributed by atoms with Crippen LogP contribution in [0.25, 0.3) is 0 Å². The van der Waals surface area contributed by atoms with Crippen molar-refractivity contribution in [2.45, 2.75) is 24.6 Å². The minimum absolute atomic E-state index is 0.332. The monoisotopic (exact) mass is 386 g/mol. The van der Waals surface area contributed by atoms with Crippen LogP contribution < -0.4 is 9.62 Å². The lowest BCUT2D eigenvalue weighted by molar-refractivity contribution is 0.603. The van der Waals surface area contributed by atoms with Crippen molar-refractivity contribution >= 4 is 32.7 Å². The first-order chi connectivity index (χ1) is 12.5. The van der Waals surface area contributed by atoms with Crippen LogP contribution in [0.3, 0.4) is 0 Å². The number of hydrogen-bond donors (Lipinski definition) is 1. The highest BCUT2D eigenvalue weighted by Gasteiger charge is 2.16. The number of thiophene rings is 1. The fraction of sp³-hybridized carbons (Fsp3) is 0.200. The van der Waals surface area contributed by atoms with Gasteiger partial charge < -0.3 is 4.90 Å². The van der Waals surface area contributed by atoms with Crippen molar-refractivity contribution in [1.82, 2.24) is 0 Å². The summed E-state index contributed by atoms with van der Waals surface area (Å²) in [5.74, 6) is 0. The third-order valence-electron chi connectivity index (χ3n) is 4.06. The van der Waals surface area contributed by atoms with Gasteiger partial charge in [0.1, 0.15) is 4.21 Å². The smallest absolute Gasteiger partial charge is 0.271 e. The predicted octanol–water partition coefficient (Wildman–Crippen LogP) is 4.88. The van der Waals surface area contributed by atoms with Crippen molar-refractivity contribution in [3.05, 3.63) is 77.2 Å². The highest BCUT2D eigenvalue weighted by atomic mass is 32.2. The third kappa shape index (κ3) is 4.45. The molecule has 0 radical (unpaired) electrons. The highest BCUT2D eigenvalue weighted by molar-refractivity contribution is 7.94. The first kappa shape index (κ1) is 18.5. The van der Waals surface area contributed by atoms with E-state index in [2.05, 4.69) is 28.7 Å². The zero-order valence-electron chi connectivity index (χ0n) is 14.8. The zero-order chi connectivity index (χ0) is 18.6. The molecule has 26 heavy (non-hydrogen) atoms. The number of sulfonamides is 1. The molecule has 0 aliphatic rings. The number of anilines is 2. The number of hydrogen-bond acceptors (Lipinski definition) is 4. The number of rotatable bonds is 7. The topological polar surface area (TPSA) is 49.4 Å². The van der Waals surface area contributed by atoms with E-state index in [4.69, 9.17) is 0 Å². The standard InChI is InChI=1S/C20H22N2O2S2/c1-3-22(15-17-7-5-4-6-8-17)19-12-10-18(11-13-19)21-26(23,24)20-14-9-16(2)25-20/h4-14,21H,3,15H2,1-2H3. The Hall–Kier alpha value is -2.31. The zero-order valence-corrected chi connectivity index (χ0v) is 16.5. The van der Waals surface area contributed by atoms with E-state index in [9.17, 15) is 8.42 Å². The van der Waals surface area contributed by atoms with Crippen LogP contribution in [0.4, 0.5) is 11.4 Å². The van der Waals surface area contributed by atoms with Gasteiger partial charge in [0, 0.05) is 29.3 Å². The molecular formula is C20H22N2O2S2. The number of nitrogens with zero attached hydrogens (tertiary/aromatic N) is 1. The Morgan fingerprint density at radius 2 is 1.65 bits per heavy atom. The van der Waals surface area contributed by atoms with Gasteiger partial charge in [0.15, 0.2) is 0 Å². The molecule has 1 heterocycles.